The van der Waals surface area contributed by atoms with E-state index in [-0.39, 0.29) is 30.5 Å². The summed E-state index contributed by atoms with van der Waals surface area (Å²) in [5.74, 6) is -0.0388. The molecule has 0 radical (unpaired) electrons. The quantitative estimate of drug-likeness (QED) is 0.575. The molecular formula is C10H22N2O4S. The Bertz CT molecular complexity index is 318. The van der Waals surface area contributed by atoms with Crippen LogP contribution in [0.5, 0.6) is 0 Å². The van der Waals surface area contributed by atoms with Gasteiger partial charge in [-0.2, -0.15) is 0 Å². The molecule has 7 heteroatoms. The van der Waals surface area contributed by atoms with Crippen molar-refractivity contribution in [3.63, 3.8) is 0 Å². The van der Waals surface area contributed by atoms with Crippen LogP contribution in [0.2, 0.25) is 0 Å². The topological polar surface area (TPSA) is 90.7 Å². The lowest BCUT2D eigenvalue weighted by molar-refractivity contribution is -0.0248. The van der Waals surface area contributed by atoms with Crippen molar-refractivity contribution in [3.8, 4) is 0 Å². The van der Waals surface area contributed by atoms with Gasteiger partial charge in [-0.3, -0.25) is 0 Å². The van der Waals surface area contributed by atoms with Crippen LogP contribution in [0.4, 0.5) is 0 Å². The fourth-order valence-electron chi connectivity index (χ4n) is 1.77. The van der Waals surface area contributed by atoms with Crippen molar-refractivity contribution in [1.82, 2.24) is 4.72 Å². The SMILES string of the molecule is CCOCCS(=O)(=O)NC1C(N)CC1OCC. The second kappa shape index (κ2) is 6.65. The van der Waals surface area contributed by atoms with Gasteiger partial charge in [-0.25, -0.2) is 13.1 Å². The largest absolute Gasteiger partial charge is 0.381 e. The van der Waals surface area contributed by atoms with Gasteiger partial charge in [0.05, 0.1) is 24.5 Å². The van der Waals surface area contributed by atoms with Crippen molar-refractivity contribution >= 4 is 10.0 Å². The molecule has 1 aliphatic rings. The van der Waals surface area contributed by atoms with Crippen molar-refractivity contribution in [2.24, 2.45) is 5.73 Å². The maximum Gasteiger partial charge on any atom is 0.214 e. The number of rotatable bonds is 8. The summed E-state index contributed by atoms with van der Waals surface area (Å²) in [5, 5.41) is 0. The van der Waals surface area contributed by atoms with E-state index in [1.807, 2.05) is 13.8 Å². The highest BCUT2D eigenvalue weighted by molar-refractivity contribution is 7.89. The van der Waals surface area contributed by atoms with E-state index in [9.17, 15) is 8.42 Å². The maximum atomic E-state index is 11.7. The molecule has 0 saturated heterocycles. The van der Waals surface area contributed by atoms with Gasteiger partial charge in [-0.1, -0.05) is 0 Å². The first-order chi connectivity index (χ1) is 8.00. The molecular weight excluding hydrogens is 244 g/mol. The maximum absolute atomic E-state index is 11.7. The van der Waals surface area contributed by atoms with E-state index in [4.69, 9.17) is 15.2 Å². The zero-order valence-corrected chi connectivity index (χ0v) is 11.2. The average Bonchev–Trinajstić information content (AvgIpc) is 2.26. The Morgan fingerprint density at radius 2 is 2.06 bits per heavy atom. The van der Waals surface area contributed by atoms with E-state index < -0.39 is 10.0 Å². The molecule has 1 fully saturated rings. The second-order valence-electron chi connectivity index (χ2n) is 4.05. The van der Waals surface area contributed by atoms with Gasteiger partial charge in [0.2, 0.25) is 10.0 Å². The second-order valence-corrected chi connectivity index (χ2v) is 5.93. The first-order valence-corrected chi connectivity index (χ1v) is 7.60. The zero-order chi connectivity index (χ0) is 12.9. The van der Waals surface area contributed by atoms with E-state index in [0.717, 1.165) is 0 Å². The van der Waals surface area contributed by atoms with Crippen LogP contribution >= 0.6 is 0 Å². The molecule has 3 unspecified atom stereocenters. The van der Waals surface area contributed by atoms with Crippen molar-refractivity contribution in [2.45, 2.75) is 38.5 Å². The lowest BCUT2D eigenvalue weighted by atomic mass is 9.84. The molecule has 102 valence electrons. The monoisotopic (exact) mass is 266 g/mol. The van der Waals surface area contributed by atoms with Crippen LogP contribution < -0.4 is 10.5 Å². The van der Waals surface area contributed by atoms with Crippen LogP contribution in [0.15, 0.2) is 0 Å². The van der Waals surface area contributed by atoms with Crippen LogP contribution in [0.1, 0.15) is 20.3 Å². The summed E-state index contributed by atoms with van der Waals surface area (Å²) in [6, 6.07) is -0.463. The lowest BCUT2D eigenvalue weighted by Crippen LogP contribution is -2.65. The van der Waals surface area contributed by atoms with Crippen LogP contribution in [-0.4, -0.2) is 52.2 Å². The number of nitrogens with one attached hydrogen (secondary N) is 1. The molecule has 0 aliphatic heterocycles. The molecule has 0 heterocycles. The number of hydrogen-bond donors (Lipinski definition) is 2. The molecule has 0 aromatic rings. The van der Waals surface area contributed by atoms with E-state index in [1.165, 1.54) is 0 Å². The summed E-state index contributed by atoms with van der Waals surface area (Å²) in [6.07, 6.45) is 0.601. The van der Waals surface area contributed by atoms with Crippen LogP contribution in [-0.2, 0) is 19.5 Å². The van der Waals surface area contributed by atoms with Gasteiger partial charge < -0.3 is 15.2 Å². The first kappa shape index (κ1) is 14.8. The van der Waals surface area contributed by atoms with E-state index in [0.29, 0.717) is 19.6 Å². The van der Waals surface area contributed by atoms with E-state index in [1.54, 1.807) is 0 Å². The third-order valence-electron chi connectivity index (χ3n) is 2.76. The van der Waals surface area contributed by atoms with Crippen LogP contribution in [0.25, 0.3) is 0 Å². The van der Waals surface area contributed by atoms with E-state index in [2.05, 4.69) is 4.72 Å². The molecule has 0 spiro atoms. The summed E-state index contributed by atoms with van der Waals surface area (Å²) in [6.45, 7) is 4.99. The molecule has 17 heavy (non-hydrogen) atoms. The zero-order valence-electron chi connectivity index (χ0n) is 10.4. The summed E-state index contributed by atoms with van der Waals surface area (Å²) >= 11 is 0. The summed E-state index contributed by atoms with van der Waals surface area (Å²) < 4.78 is 36.4. The Balaban J connectivity index is 2.40. The third-order valence-corrected chi connectivity index (χ3v) is 4.10. The standard InChI is InChI=1S/C10H22N2O4S/c1-3-15-5-6-17(13,14)12-10-8(11)7-9(10)16-4-2/h8-10,12H,3-7,11H2,1-2H3. The van der Waals surface area contributed by atoms with Gasteiger partial charge in [-0.15, -0.1) is 0 Å². The Kier molecular flexibility index (Phi) is 5.81. The van der Waals surface area contributed by atoms with Gasteiger partial charge >= 0.3 is 0 Å². The molecule has 6 nitrogen and oxygen atoms in total. The van der Waals surface area contributed by atoms with Gasteiger partial charge in [0.25, 0.3) is 0 Å². The van der Waals surface area contributed by atoms with E-state index >= 15 is 0 Å². The molecule has 0 amide bonds. The highest BCUT2D eigenvalue weighted by Crippen LogP contribution is 2.23. The van der Waals surface area contributed by atoms with Gasteiger partial charge in [-0.05, 0) is 20.3 Å². The third kappa shape index (κ3) is 4.51. The van der Waals surface area contributed by atoms with Crippen LogP contribution in [0.3, 0.4) is 0 Å². The minimum absolute atomic E-state index is 0.0388. The predicted molar refractivity (Wildman–Crippen MR) is 65.2 cm³/mol. The molecule has 3 atom stereocenters. The predicted octanol–water partition coefficient (Wildman–Crippen LogP) is -0.553. The van der Waals surface area contributed by atoms with Gasteiger partial charge in [0.15, 0.2) is 0 Å². The highest BCUT2D eigenvalue weighted by atomic mass is 32.2. The Hall–Kier alpha value is -0.210. The number of ether oxygens (including phenoxy) is 2. The fourth-order valence-corrected chi connectivity index (χ4v) is 2.97. The molecule has 3 N–H and O–H groups in total. The number of hydrogen-bond acceptors (Lipinski definition) is 5. The van der Waals surface area contributed by atoms with Crippen molar-refractivity contribution < 1.29 is 17.9 Å². The average molecular weight is 266 g/mol. The lowest BCUT2D eigenvalue weighted by Gasteiger charge is -2.42. The fraction of sp³-hybridized carbons (Fsp3) is 1.00. The highest BCUT2D eigenvalue weighted by Gasteiger charge is 2.41. The normalized spacial score (nSPS) is 29.0. The number of nitrogens with two attached hydrogens (primary N) is 1. The molecule has 0 aromatic carbocycles. The minimum Gasteiger partial charge on any atom is -0.381 e. The smallest absolute Gasteiger partial charge is 0.214 e. The number of sulfonamides is 1. The minimum atomic E-state index is -3.33. The summed E-state index contributed by atoms with van der Waals surface area (Å²) in [4.78, 5) is 0. The van der Waals surface area contributed by atoms with Gasteiger partial charge in [0.1, 0.15) is 0 Å². The molecule has 0 bridgehead atoms. The molecule has 1 aliphatic carbocycles. The van der Waals surface area contributed by atoms with Crippen molar-refractivity contribution in [2.75, 3.05) is 25.6 Å². The Morgan fingerprint density at radius 3 is 2.59 bits per heavy atom. The van der Waals surface area contributed by atoms with Crippen LogP contribution in [0, 0.1) is 0 Å². The Labute approximate surface area is 103 Å². The summed E-state index contributed by atoms with van der Waals surface area (Å²) in [5.41, 5.74) is 5.77. The van der Waals surface area contributed by atoms with Crippen molar-refractivity contribution in [3.05, 3.63) is 0 Å². The van der Waals surface area contributed by atoms with Gasteiger partial charge in [0, 0.05) is 19.3 Å². The van der Waals surface area contributed by atoms with Crippen molar-refractivity contribution in [1.29, 1.82) is 0 Å². The Morgan fingerprint density at radius 1 is 1.35 bits per heavy atom. The first-order valence-electron chi connectivity index (χ1n) is 5.95. The molecule has 1 rings (SSSR count). The molecule has 1 saturated carbocycles. The molecule has 0 aromatic heterocycles. The summed E-state index contributed by atoms with van der Waals surface area (Å²) in [7, 11) is -3.33.